The molecule has 150 valence electrons. The number of nitrogens with one attached hydrogen (secondary N) is 1. The van der Waals surface area contributed by atoms with E-state index in [4.69, 9.17) is 44.3 Å². The lowest BCUT2D eigenvalue weighted by Crippen LogP contribution is -2.37. The molecule has 1 N–H and O–H groups in total. The Kier molecular flexibility index (Phi) is 6.88. The van der Waals surface area contributed by atoms with Crippen molar-refractivity contribution in [3.05, 3.63) is 44.7 Å². The number of carbonyl (C=O) groups is 1. The van der Waals surface area contributed by atoms with Crippen molar-refractivity contribution in [1.29, 1.82) is 0 Å². The first-order chi connectivity index (χ1) is 13.4. The molecule has 1 aromatic carbocycles. The van der Waals surface area contributed by atoms with Crippen LogP contribution >= 0.6 is 34.8 Å². The number of anilines is 2. The lowest BCUT2D eigenvalue weighted by molar-refractivity contribution is -0.118. The summed E-state index contributed by atoms with van der Waals surface area (Å²) in [6, 6.07) is 5.38. The molecule has 1 amide bonds. The van der Waals surface area contributed by atoms with Gasteiger partial charge in [0.15, 0.2) is 12.4 Å². The fraction of sp³-hybridized carbons (Fsp3) is 0.368. The number of pyridine rings is 1. The van der Waals surface area contributed by atoms with Crippen molar-refractivity contribution >= 4 is 52.1 Å². The number of benzene rings is 1. The number of aromatic nitrogens is 1. The van der Waals surface area contributed by atoms with E-state index in [2.05, 4.69) is 15.2 Å². The van der Waals surface area contributed by atoms with Gasteiger partial charge in [-0.25, -0.2) is 0 Å². The monoisotopic (exact) mass is 443 g/mol. The predicted octanol–water partition coefficient (Wildman–Crippen LogP) is 4.51. The molecule has 2 aromatic rings. The van der Waals surface area contributed by atoms with Crippen molar-refractivity contribution in [3.8, 4) is 5.75 Å². The van der Waals surface area contributed by atoms with Crippen molar-refractivity contribution in [2.24, 2.45) is 0 Å². The third kappa shape index (κ3) is 4.63. The molecule has 0 bridgehead atoms. The zero-order valence-electron chi connectivity index (χ0n) is 15.5. The molecule has 0 spiro atoms. The molecule has 0 aliphatic carbocycles. The molecule has 0 saturated carbocycles. The Morgan fingerprint density at radius 3 is 2.46 bits per heavy atom. The standard InChI is InChI=1S/C19H20Cl3N3O3/c1-11-16(21)19(17(22)12(2)23-11)28-10-15(26)24-14-5-3-4-13(20)18(14)25-6-8-27-9-7-25/h3-5H,6-10H2,1-2H3,(H,24,26). The summed E-state index contributed by atoms with van der Waals surface area (Å²) in [6.07, 6.45) is 0. The Bertz CT molecular complexity index is 860. The van der Waals surface area contributed by atoms with E-state index in [0.29, 0.717) is 58.4 Å². The van der Waals surface area contributed by atoms with Crippen molar-refractivity contribution in [1.82, 2.24) is 4.98 Å². The van der Waals surface area contributed by atoms with Gasteiger partial charge in [-0.3, -0.25) is 9.78 Å². The van der Waals surface area contributed by atoms with Gasteiger partial charge in [-0.2, -0.15) is 0 Å². The van der Waals surface area contributed by atoms with Crippen LogP contribution in [0.1, 0.15) is 11.4 Å². The van der Waals surface area contributed by atoms with Gasteiger partial charge in [0.2, 0.25) is 0 Å². The quantitative estimate of drug-likeness (QED) is 0.735. The van der Waals surface area contributed by atoms with Crippen molar-refractivity contribution in [2.45, 2.75) is 13.8 Å². The van der Waals surface area contributed by atoms with Crippen LogP contribution in [0.15, 0.2) is 18.2 Å². The second-order valence-electron chi connectivity index (χ2n) is 6.31. The Morgan fingerprint density at radius 2 is 1.82 bits per heavy atom. The molecule has 0 radical (unpaired) electrons. The molecule has 6 nitrogen and oxygen atoms in total. The Hall–Kier alpha value is -1.73. The van der Waals surface area contributed by atoms with Crippen LogP contribution in [0.2, 0.25) is 15.1 Å². The van der Waals surface area contributed by atoms with Crippen LogP contribution in [0, 0.1) is 13.8 Å². The second-order valence-corrected chi connectivity index (χ2v) is 7.48. The minimum Gasteiger partial charge on any atom is -0.480 e. The number of hydrogen-bond donors (Lipinski definition) is 1. The lowest BCUT2D eigenvalue weighted by Gasteiger charge is -2.31. The Morgan fingerprint density at radius 1 is 1.18 bits per heavy atom. The smallest absolute Gasteiger partial charge is 0.262 e. The molecule has 0 atom stereocenters. The zero-order chi connectivity index (χ0) is 20.3. The number of rotatable bonds is 5. The van der Waals surface area contributed by atoms with Crippen LogP contribution in [-0.4, -0.2) is 43.8 Å². The number of halogens is 3. The number of hydrogen-bond acceptors (Lipinski definition) is 5. The maximum atomic E-state index is 12.5. The number of amides is 1. The van der Waals surface area contributed by atoms with Crippen molar-refractivity contribution in [2.75, 3.05) is 43.1 Å². The number of ether oxygens (including phenoxy) is 2. The van der Waals surface area contributed by atoms with Gasteiger partial charge in [0.25, 0.3) is 5.91 Å². The summed E-state index contributed by atoms with van der Waals surface area (Å²) in [5, 5.41) is 4.00. The molecule has 2 heterocycles. The summed E-state index contributed by atoms with van der Waals surface area (Å²) in [5.41, 5.74) is 2.56. The minimum atomic E-state index is -0.351. The van der Waals surface area contributed by atoms with Crippen LogP contribution in [0.4, 0.5) is 11.4 Å². The topological polar surface area (TPSA) is 63.7 Å². The van der Waals surface area contributed by atoms with Gasteiger partial charge in [-0.15, -0.1) is 0 Å². The molecule has 1 fully saturated rings. The number of para-hydroxylation sites is 1. The first kappa shape index (κ1) is 21.0. The maximum Gasteiger partial charge on any atom is 0.262 e. The summed E-state index contributed by atoms with van der Waals surface area (Å²) in [7, 11) is 0. The number of morpholine rings is 1. The van der Waals surface area contributed by atoms with E-state index in [1.165, 1.54) is 0 Å². The largest absolute Gasteiger partial charge is 0.480 e. The maximum absolute atomic E-state index is 12.5. The number of nitrogens with zero attached hydrogens (tertiary/aromatic N) is 2. The molecular formula is C19H20Cl3N3O3. The lowest BCUT2D eigenvalue weighted by atomic mass is 10.2. The highest BCUT2D eigenvalue weighted by Gasteiger charge is 2.20. The van der Waals surface area contributed by atoms with Gasteiger partial charge in [0.05, 0.1) is 41.0 Å². The van der Waals surface area contributed by atoms with Gasteiger partial charge in [0.1, 0.15) is 10.0 Å². The Balaban J connectivity index is 1.74. The van der Waals surface area contributed by atoms with Gasteiger partial charge >= 0.3 is 0 Å². The van der Waals surface area contributed by atoms with E-state index in [9.17, 15) is 4.79 Å². The van der Waals surface area contributed by atoms with E-state index < -0.39 is 0 Å². The van der Waals surface area contributed by atoms with E-state index in [0.717, 1.165) is 5.69 Å². The summed E-state index contributed by atoms with van der Waals surface area (Å²) < 4.78 is 11.0. The van der Waals surface area contributed by atoms with Crippen molar-refractivity contribution in [3.63, 3.8) is 0 Å². The van der Waals surface area contributed by atoms with Crippen LogP contribution in [-0.2, 0) is 9.53 Å². The zero-order valence-corrected chi connectivity index (χ0v) is 17.8. The van der Waals surface area contributed by atoms with E-state index in [1.54, 1.807) is 32.0 Å². The predicted molar refractivity (Wildman–Crippen MR) is 112 cm³/mol. The van der Waals surface area contributed by atoms with E-state index in [1.807, 2.05) is 0 Å². The fourth-order valence-corrected chi connectivity index (χ4v) is 3.67. The van der Waals surface area contributed by atoms with Crippen LogP contribution in [0.25, 0.3) is 0 Å². The highest BCUT2D eigenvalue weighted by molar-refractivity contribution is 6.37. The molecule has 1 aliphatic heterocycles. The van der Waals surface area contributed by atoms with Gasteiger partial charge in [0, 0.05) is 13.1 Å². The highest BCUT2D eigenvalue weighted by Crippen LogP contribution is 2.37. The molecule has 28 heavy (non-hydrogen) atoms. The van der Waals surface area contributed by atoms with Crippen LogP contribution in [0.5, 0.6) is 5.75 Å². The molecule has 1 aliphatic rings. The summed E-state index contributed by atoms with van der Waals surface area (Å²) in [5.74, 6) is -0.0981. The SMILES string of the molecule is Cc1nc(C)c(Cl)c(OCC(=O)Nc2cccc(Cl)c2N2CCOCC2)c1Cl. The first-order valence-electron chi connectivity index (χ1n) is 8.74. The third-order valence-electron chi connectivity index (χ3n) is 4.31. The molecule has 1 aromatic heterocycles. The average molecular weight is 445 g/mol. The van der Waals surface area contributed by atoms with Crippen LogP contribution in [0.3, 0.4) is 0 Å². The number of carbonyl (C=O) groups excluding carboxylic acids is 1. The third-order valence-corrected chi connectivity index (χ3v) is 5.50. The second kappa shape index (κ2) is 9.18. The van der Waals surface area contributed by atoms with E-state index in [-0.39, 0.29) is 18.3 Å². The molecular weight excluding hydrogens is 425 g/mol. The summed E-state index contributed by atoms with van der Waals surface area (Å²) in [4.78, 5) is 18.8. The summed E-state index contributed by atoms with van der Waals surface area (Å²) in [6.45, 7) is 5.86. The van der Waals surface area contributed by atoms with Crippen molar-refractivity contribution < 1.29 is 14.3 Å². The molecule has 3 rings (SSSR count). The van der Waals surface area contributed by atoms with Gasteiger partial charge in [-0.1, -0.05) is 40.9 Å². The normalized spacial score (nSPS) is 14.1. The molecule has 0 unspecified atom stereocenters. The highest BCUT2D eigenvalue weighted by atomic mass is 35.5. The van der Waals surface area contributed by atoms with Gasteiger partial charge in [-0.05, 0) is 26.0 Å². The number of aryl methyl sites for hydroxylation is 2. The molecule has 1 saturated heterocycles. The molecule has 9 heteroatoms. The van der Waals surface area contributed by atoms with Gasteiger partial charge < -0.3 is 19.7 Å². The first-order valence-corrected chi connectivity index (χ1v) is 9.88. The average Bonchev–Trinajstić information content (AvgIpc) is 2.67. The van der Waals surface area contributed by atoms with Crippen LogP contribution < -0.4 is 15.0 Å². The summed E-state index contributed by atoms with van der Waals surface area (Å²) >= 11 is 18.8. The fourth-order valence-electron chi connectivity index (χ4n) is 2.95. The Labute approximate surface area is 178 Å². The minimum absolute atomic E-state index is 0.253. The van der Waals surface area contributed by atoms with E-state index >= 15 is 0 Å².